The summed E-state index contributed by atoms with van der Waals surface area (Å²) in [5.41, 5.74) is 3.11. The highest BCUT2D eigenvalue weighted by Crippen LogP contribution is 2.27. The Morgan fingerprint density at radius 2 is 2.32 bits per heavy atom. The zero-order chi connectivity index (χ0) is 17.1. The molecule has 25 heavy (non-hydrogen) atoms. The number of rotatable bonds is 5. The van der Waals surface area contributed by atoms with E-state index in [4.69, 9.17) is 9.47 Å². The maximum Gasteiger partial charge on any atom is 0.126 e. The van der Waals surface area contributed by atoms with Crippen LogP contribution in [0.15, 0.2) is 43.0 Å². The van der Waals surface area contributed by atoms with Crippen molar-refractivity contribution in [3.8, 4) is 17.0 Å². The summed E-state index contributed by atoms with van der Waals surface area (Å²) in [6.07, 6.45) is 5.43. The number of hydrogen-bond acceptors (Lipinski definition) is 5. The van der Waals surface area contributed by atoms with E-state index in [1.165, 1.54) is 0 Å². The Hall–Kier alpha value is -2.64. The predicted molar refractivity (Wildman–Crippen MR) is 93.1 cm³/mol. The number of hydrogen-bond donors (Lipinski definition) is 2. The zero-order valence-electron chi connectivity index (χ0n) is 14.1. The monoisotopic (exact) mass is 339 g/mol. The Morgan fingerprint density at radius 1 is 1.36 bits per heavy atom. The molecular weight excluding hydrogens is 318 g/mol. The van der Waals surface area contributed by atoms with Gasteiger partial charge in [-0.3, -0.25) is 4.90 Å². The maximum atomic E-state index is 5.69. The van der Waals surface area contributed by atoms with Gasteiger partial charge >= 0.3 is 0 Å². The van der Waals surface area contributed by atoms with Crippen molar-refractivity contribution in [3.63, 3.8) is 0 Å². The Labute approximate surface area is 146 Å². The van der Waals surface area contributed by atoms with Crippen LogP contribution in [0.3, 0.4) is 0 Å². The first-order chi connectivity index (χ1) is 12.3. The zero-order valence-corrected chi connectivity index (χ0v) is 14.1. The number of ether oxygens (including phenoxy) is 2. The summed E-state index contributed by atoms with van der Waals surface area (Å²) in [5.74, 6) is 1.74. The van der Waals surface area contributed by atoms with Gasteiger partial charge in [0, 0.05) is 30.5 Å². The predicted octanol–water partition coefficient (Wildman–Crippen LogP) is 2.38. The molecule has 130 valence electrons. The first-order valence-electron chi connectivity index (χ1n) is 8.32. The van der Waals surface area contributed by atoms with E-state index < -0.39 is 0 Å². The lowest BCUT2D eigenvalue weighted by Crippen LogP contribution is -2.39. The van der Waals surface area contributed by atoms with Gasteiger partial charge in [0.25, 0.3) is 0 Å². The van der Waals surface area contributed by atoms with E-state index in [2.05, 4.69) is 24.8 Å². The first-order valence-corrected chi connectivity index (χ1v) is 8.32. The highest BCUT2D eigenvalue weighted by molar-refractivity contribution is 5.60. The average molecular weight is 339 g/mol. The Kier molecular flexibility index (Phi) is 4.49. The van der Waals surface area contributed by atoms with E-state index in [0.29, 0.717) is 6.61 Å². The van der Waals surface area contributed by atoms with Gasteiger partial charge in [0.05, 0.1) is 44.6 Å². The van der Waals surface area contributed by atoms with Crippen LogP contribution in [0.25, 0.3) is 11.3 Å². The minimum atomic E-state index is 0.0939. The number of morpholine rings is 1. The Bertz CT molecular complexity index is 815. The van der Waals surface area contributed by atoms with E-state index >= 15 is 0 Å². The molecule has 7 nitrogen and oxygen atoms in total. The van der Waals surface area contributed by atoms with Crippen molar-refractivity contribution in [2.45, 2.75) is 12.6 Å². The van der Waals surface area contributed by atoms with Crippen molar-refractivity contribution in [2.75, 3.05) is 26.9 Å². The van der Waals surface area contributed by atoms with Crippen molar-refractivity contribution in [2.24, 2.45) is 0 Å². The fourth-order valence-corrected chi connectivity index (χ4v) is 3.11. The molecule has 0 spiro atoms. The van der Waals surface area contributed by atoms with Crippen LogP contribution in [0.1, 0.15) is 17.6 Å². The number of nitrogens with one attached hydrogen (secondary N) is 2. The summed E-state index contributed by atoms with van der Waals surface area (Å²) in [4.78, 5) is 17.7. The van der Waals surface area contributed by atoms with Gasteiger partial charge in [-0.1, -0.05) is 12.1 Å². The van der Waals surface area contributed by atoms with Gasteiger partial charge in [-0.25, -0.2) is 9.97 Å². The van der Waals surface area contributed by atoms with Crippen LogP contribution in [-0.4, -0.2) is 51.7 Å². The van der Waals surface area contributed by atoms with Crippen LogP contribution in [0.4, 0.5) is 0 Å². The fourth-order valence-electron chi connectivity index (χ4n) is 3.11. The SMILES string of the molecule is COc1cccc(-c2cnc([C@@H]3COCCN3Cc3cnc[nH]3)[nH]2)c1. The second kappa shape index (κ2) is 7.08. The smallest absolute Gasteiger partial charge is 0.126 e. The van der Waals surface area contributed by atoms with Gasteiger partial charge < -0.3 is 19.4 Å². The number of H-pyrrole nitrogens is 2. The summed E-state index contributed by atoms with van der Waals surface area (Å²) < 4.78 is 11.0. The molecule has 0 radical (unpaired) electrons. The van der Waals surface area contributed by atoms with E-state index in [-0.39, 0.29) is 6.04 Å². The second-order valence-electron chi connectivity index (χ2n) is 6.05. The molecule has 1 aromatic carbocycles. The van der Waals surface area contributed by atoms with E-state index in [1.807, 2.05) is 36.7 Å². The van der Waals surface area contributed by atoms with Crippen LogP contribution in [-0.2, 0) is 11.3 Å². The molecule has 3 aromatic rings. The Morgan fingerprint density at radius 3 is 3.16 bits per heavy atom. The van der Waals surface area contributed by atoms with Gasteiger partial charge in [0.1, 0.15) is 11.6 Å². The molecule has 0 amide bonds. The quantitative estimate of drug-likeness (QED) is 0.746. The minimum absolute atomic E-state index is 0.0939. The van der Waals surface area contributed by atoms with Crippen LogP contribution < -0.4 is 4.74 Å². The average Bonchev–Trinajstić information content (AvgIpc) is 3.34. The molecule has 1 saturated heterocycles. The van der Waals surface area contributed by atoms with Crippen molar-refractivity contribution in [3.05, 3.63) is 54.5 Å². The summed E-state index contributed by atoms with van der Waals surface area (Å²) in [5, 5.41) is 0. The second-order valence-corrected chi connectivity index (χ2v) is 6.05. The first kappa shape index (κ1) is 15.9. The maximum absolute atomic E-state index is 5.69. The van der Waals surface area contributed by atoms with Gasteiger partial charge in [-0.2, -0.15) is 0 Å². The number of imidazole rings is 2. The van der Waals surface area contributed by atoms with Crippen LogP contribution >= 0.6 is 0 Å². The molecule has 7 heteroatoms. The van der Waals surface area contributed by atoms with E-state index in [0.717, 1.165) is 48.2 Å². The summed E-state index contributed by atoms with van der Waals surface area (Å²) in [6.45, 7) is 3.01. The normalized spacial score (nSPS) is 18.4. The molecule has 3 heterocycles. The molecule has 0 bridgehead atoms. The number of aromatic nitrogens is 4. The molecule has 2 N–H and O–H groups in total. The number of aromatic amines is 2. The molecule has 1 aliphatic rings. The highest BCUT2D eigenvalue weighted by atomic mass is 16.5. The molecule has 4 rings (SSSR count). The number of nitrogens with zero attached hydrogens (tertiary/aromatic N) is 3. The standard InChI is InChI=1S/C18H21N5O2/c1-24-15-4-2-3-13(7-15)16-9-20-18(22-16)17-11-25-6-5-23(17)10-14-8-19-12-21-14/h2-4,7-9,12,17H,5-6,10-11H2,1H3,(H,19,21)(H,20,22)/t17-/m0/s1. The molecule has 0 unspecified atom stereocenters. The van der Waals surface area contributed by atoms with Crippen molar-refractivity contribution >= 4 is 0 Å². The van der Waals surface area contributed by atoms with Gasteiger partial charge in [-0.15, -0.1) is 0 Å². The fraction of sp³-hybridized carbons (Fsp3) is 0.333. The molecule has 2 aromatic heterocycles. The van der Waals surface area contributed by atoms with Crippen molar-refractivity contribution in [1.29, 1.82) is 0 Å². The summed E-state index contributed by atoms with van der Waals surface area (Å²) in [7, 11) is 1.67. The van der Waals surface area contributed by atoms with E-state index in [1.54, 1.807) is 13.4 Å². The van der Waals surface area contributed by atoms with Gasteiger partial charge in [0.15, 0.2) is 0 Å². The molecule has 1 fully saturated rings. The van der Waals surface area contributed by atoms with Gasteiger partial charge in [-0.05, 0) is 12.1 Å². The molecule has 0 saturated carbocycles. The van der Waals surface area contributed by atoms with Crippen LogP contribution in [0.5, 0.6) is 5.75 Å². The summed E-state index contributed by atoms with van der Waals surface area (Å²) in [6, 6.07) is 8.04. The minimum Gasteiger partial charge on any atom is -0.497 e. The van der Waals surface area contributed by atoms with Crippen LogP contribution in [0, 0.1) is 0 Å². The lowest BCUT2D eigenvalue weighted by molar-refractivity contribution is -0.0161. The van der Waals surface area contributed by atoms with Crippen LogP contribution in [0.2, 0.25) is 0 Å². The highest BCUT2D eigenvalue weighted by Gasteiger charge is 2.27. The topological polar surface area (TPSA) is 79.1 Å². The lowest BCUT2D eigenvalue weighted by Gasteiger charge is -2.33. The van der Waals surface area contributed by atoms with E-state index in [9.17, 15) is 0 Å². The third-order valence-electron chi connectivity index (χ3n) is 4.46. The van der Waals surface area contributed by atoms with Crippen molar-refractivity contribution in [1.82, 2.24) is 24.8 Å². The third kappa shape index (κ3) is 3.42. The Balaban J connectivity index is 1.56. The van der Waals surface area contributed by atoms with Crippen molar-refractivity contribution < 1.29 is 9.47 Å². The third-order valence-corrected chi connectivity index (χ3v) is 4.46. The van der Waals surface area contributed by atoms with Gasteiger partial charge in [0.2, 0.25) is 0 Å². The number of benzene rings is 1. The largest absolute Gasteiger partial charge is 0.497 e. The molecule has 1 aliphatic heterocycles. The molecular formula is C18H21N5O2. The summed E-state index contributed by atoms with van der Waals surface area (Å²) >= 11 is 0. The molecule has 0 aliphatic carbocycles. The molecule has 1 atom stereocenters. The number of methoxy groups -OCH3 is 1. The lowest BCUT2D eigenvalue weighted by atomic mass is 10.1.